The lowest BCUT2D eigenvalue weighted by atomic mass is 9.90. The average molecular weight is 826 g/mol. The molecule has 0 saturated heterocycles. The largest absolute Gasteiger partial charge is 0.506 e. The molecule has 0 heterocycles. The number of aromatic hydroxyl groups is 1. The minimum atomic E-state index is -1.07. The minimum Gasteiger partial charge on any atom is -0.506 e. The van der Waals surface area contributed by atoms with E-state index in [1.54, 1.807) is 86.6 Å². The predicted octanol–water partition coefficient (Wildman–Crippen LogP) is 9.01. The molecule has 0 saturated carbocycles. The Labute approximate surface area is 332 Å². The van der Waals surface area contributed by atoms with Crippen molar-refractivity contribution in [2.24, 2.45) is 5.92 Å². The lowest BCUT2D eigenvalue weighted by Crippen LogP contribution is -2.28. The summed E-state index contributed by atoms with van der Waals surface area (Å²) in [6.07, 6.45) is 2.52. The maximum atomic E-state index is 14.2. The van der Waals surface area contributed by atoms with Crippen LogP contribution in [0.5, 0.6) is 23.0 Å². The highest BCUT2D eigenvalue weighted by atomic mass is 79.9. The number of halogens is 1. The van der Waals surface area contributed by atoms with Crippen LogP contribution in [0.1, 0.15) is 82.5 Å². The van der Waals surface area contributed by atoms with E-state index in [-0.39, 0.29) is 55.5 Å². The number of hydrogen-bond acceptors (Lipinski definition) is 10. The number of allylic oxidation sites excluding steroid dienone is 2. The average Bonchev–Trinajstić information content (AvgIpc) is 3.14. The van der Waals surface area contributed by atoms with Crippen molar-refractivity contribution in [2.45, 2.75) is 62.3 Å². The van der Waals surface area contributed by atoms with Crippen LogP contribution in [0.2, 0.25) is 0 Å². The van der Waals surface area contributed by atoms with Gasteiger partial charge in [0.15, 0.2) is 11.5 Å². The normalized spacial score (nSPS) is 13.8. The van der Waals surface area contributed by atoms with Crippen LogP contribution in [0, 0.1) is 61.3 Å². The number of carbonyl (C=O) groups is 5. The zero-order valence-electron chi connectivity index (χ0n) is 32.6. The topological polar surface area (TPSA) is 163 Å². The number of carboxylic acid groups (broad SMARTS) is 1. The van der Waals surface area contributed by atoms with Gasteiger partial charge in [0.25, 0.3) is 0 Å². The highest BCUT2D eigenvalue weighted by Crippen LogP contribution is 2.44. The molecule has 12 heteroatoms. The monoisotopic (exact) mass is 824 g/mol. The van der Waals surface area contributed by atoms with Gasteiger partial charge in [-0.25, -0.2) is 14.4 Å². The van der Waals surface area contributed by atoms with Gasteiger partial charge in [0.1, 0.15) is 39.0 Å². The Morgan fingerprint density at radius 3 is 1.80 bits per heavy atom. The smallest absolute Gasteiger partial charge is 0.347 e. The molecule has 56 heavy (non-hydrogen) atoms. The van der Waals surface area contributed by atoms with Crippen molar-refractivity contribution < 1.29 is 53.1 Å². The van der Waals surface area contributed by atoms with Gasteiger partial charge in [0, 0.05) is 17.2 Å². The third-order valence-corrected chi connectivity index (χ3v) is 11.1. The molecule has 290 valence electrons. The summed E-state index contributed by atoms with van der Waals surface area (Å²) >= 11 is 3.30. The Morgan fingerprint density at radius 2 is 1.23 bits per heavy atom. The van der Waals surface area contributed by atoms with Crippen molar-refractivity contribution in [3.63, 3.8) is 0 Å². The Hall–Kier alpha value is -6.01. The van der Waals surface area contributed by atoms with E-state index in [9.17, 15) is 34.2 Å². The molecule has 0 aliphatic heterocycles. The van der Waals surface area contributed by atoms with Gasteiger partial charge in [-0.1, -0.05) is 30.3 Å². The first-order valence-electron chi connectivity index (χ1n) is 17.5. The molecule has 1 atom stereocenters. The number of ether oxygens (including phenoxy) is 4. The Kier molecular flexibility index (Phi) is 11.8. The molecule has 1 unspecified atom stereocenters. The van der Waals surface area contributed by atoms with Gasteiger partial charge in [0.2, 0.25) is 0 Å². The summed E-state index contributed by atoms with van der Waals surface area (Å²) < 4.78 is 23.0. The number of hydrogen-bond donors (Lipinski definition) is 2. The van der Waals surface area contributed by atoms with Gasteiger partial charge < -0.3 is 29.2 Å². The van der Waals surface area contributed by atoms with Crippen molar-refractivity contribution in [1.82, 2.24) is 0 Å². The number of carboxylic acids is 1. The van der Waals surface area contributed by atoms with Crippen molar-refractivity contribution in [1.29, 1.82) is 0 Å². The summed E-state index contributed by atoms with van der Waals surface area (Å²) in [6, 6.07) is 10.6. The standard InChI is InChI=1S/C44H41BrO11/c1-19-16-29(46)18-31(53-10)32(19)42(50)56-40-26(8)23(5)36(38(47)37(40)45)44(52)54-30-17-20(2)33(35(27(30)9)28-14-12-11-13-15-28)43(51)55-39-24(6)21(3)34(41(48)49)22(4)25(39)7/h11-18,32,47H,1-10H3,(H,48,49). The number of phenolic OH excluding ortho intramolecular Hbond substituents is 1. The number of carbonyl (C=O) groups excluding carboxylic acids is 4. The van der Waals surface area contributed by atoms with Gasteiger partial charge in [-0.15, -0.1) is 0 Å². The van der Waals surface area contributed by atoms with Gasteiger partial charge in [-0.2, -0.15) is 0 Å². The molecule has 1 aliphatic rings. The highest BCUT2D eigenvalue weighted by Gasteiger charge is 2.34. The van der Waals surface area contributed by atoms with Gasteiger partial charge in [0.05, 0.1) is 18.2 Å². The third kappa shape index (κ3) is 7.36. The summed E-state index contributed by atoms with van der Waals surface area (Å²) in [6.45, 7) is 14.9. The van der Waals surface area contributed by atoms with Crippen LogP contribution >= 0.6 is 15.9 Å². The van der Waals surface area contributed by atoms with Crippen molar-refractivity contribution in [3.8, 4) is 34.1 Å². The number of methoxy groups -OCH3 is 1. The van der Waals surface area contributed by atoms with E-state index in [1.165, 1.54) is 25.3 Å². The second kappa shape index (κ2) is 16.0. The zero-order valence-corrected chi connectivity index (χ0v) is 34.2. The molecule has 0 aromatic heterocycles. The first-order valence-corrected chi connectivity index (χ1v) is 18.3. The molecule has 11 nitrogen and oxygen atoms in total. The zero-order chi connectivity index (χ0) is 41.5. The van der Waals surface area contributed by atoms with Gasteiger partial charge in [-0.05, 0) is 140 Å². The molecule has 0 radical (unpaired) electrons. The van der Waals surface area contributed by atoms with Gasteiger partial charge >= 0.3 is 23.9 Å². The molecule has 2 N–H and O–H groups in total. The quantitative estimate of drug-likeness (QED) is 0.122. The molecule has 0 spiro atoms. The summed E-state index contributed by atoms with van der Waals surface area (Å²) in [5, 5.41) is 21.2. The maximum Gasteiger partial charge on any atom is 0.347 e. The lowest BCUT2D eigenvalue weighted by Gasteiger charge is -2.23. The molecular formula is C44H41BrO11. The van der Waals surface area contributed by atoms with E-state index in [0.717, 1.165) is 0 Å². The number of aryl methyl sites for hydroxylation is 1. The van der Waals surface area contributed by atoms with Crippen LogP contribution in [0.15, 0.2) is 64.4 Å². The molecule has 4 aromatic rings. The number of aromatic carboxylic acids is 1. The van der Waals surface area contributed by atoms with Crippen LogP contribution < -0.4 is 14.2 Å². The van der Waals surface area contributed by atoms with E-state index in [4.69, 9.17) is 18.9 Å². The molecule has 0 bridgehead atoms. The summed E-state index contributed by atoms with van der Waals surface area (Å²) in [4.78, 5) is 65.6. The van der Waals surface area contributed by atoms with Crippen molar-refractivity contribution in [2.75, 3.05) is 7.11 Å². The highest BCUT2D eigenvalue weighted by molar-refractivity contribution is 9.10. The summed E-state index contributed by atoms with van der Waals surface area (Å²) in [5.74, 6) is -4.83. The van der Waals surface area contributed by atoms with E-state index < -0.39 is 35.5 Å². The fourth-order valence-corrected chi connectivity index (χ4v) is 7.57. The minimum absolute atomic E-state index is 0.0311. The second-order valence-electron chi connectivity index (χ2n) is 13.7. The SMILES string of the molecule is COC1=CC(=O)C=C(C)C1C(=O)Oc1c(C)c(C)c(C(=O)Oc2cc(C)c(C(=O)Oc3c(C)c(C)c(C(=O)O)c(C)c3C)c(-c3ccccc3)c2C)c(O)c1Br. The predicted molar refractivity (Wildman–Crippen MR) is 212 cm³/mol. The Bertz CT molecular complexity index is 2380. The Balaban J connectivity index is 1.54. The second-order valence-corrected chi connectivity index (χ2v) is 14.5. The number of esters is 3. The number of benzene rings is 4. The third-order valence-electron chi connectivity index (χ3n) is 10.4. The van der Waals surface area contributed by atoms with Crippen molar-refractivity contribution in [3.05, 3.63) is 126 Å². The van der Waals surface area contributed by atoms with Crippen LogP contribution in [0.3, 0.4) is 0 Å². The number of phenols is 1. The van der Waals surface area contributed by atoms with Crippen LogP contribution in [-0.4, -0.2) is 47.0 Å². The summed E-state index contributed by atoms with van der Waals surface area (Å²) in [7, 11) is 1.34. The van der Waals surface area contributed by atoms with Crippen molar-refractivity contribution >= 4 is 45.6 Å². The van der Waals surface area contributed by atoms with Crippen LogP contribution in [0.25, 0.3) is 11.1 Å². The van der Waals surface area contributed by atoms with Crippen LogP contribution in [-0.2, 0) is 14.3 Å². The molecule has 5 rings (SSSR count). The number of rotatable bonds is 9. The fourth-order valence-electron chi connectivity index (χ4n) is 6.99. The molecule has 1 aliphatic carbocycles. The fraction of sp³-hybridized carbons (Fsp3) is 0.250. The molecule has 0 fully saturated rings. The van der Waals surface area contributed by atoms with E-state index in [2.05, 4.69) is 15.9 Å². The van der Waals surface area contributed by atoms with E-state index in [0.29, 0.717) is 55.6 Å². The van der Waals surface area contributed by atoms with Gasteiger partial charge in [-0.3, -0.25) is 9.59 Å². The molecular weight excluding hydrogens is 784 g/mol. The van der Waals surface area contributed by atoms with E-state index >= 15 is 0 Å². The maximum absolute atomic E-state index is 14.2. The number of ketones is 1. The first-order chi connectivity index (χ1) is 26.3. The lowest BCUT2D eigenvalue weighted by molar-refractivity contribution is -0.137. The Morgan fingerprint density at radius 1 is 0.679 bits per heavy atom. The first kappa shape index (κ1) is 41.2. The van der Waals surface area contributed by atoms with E-state index in [1.807, 2.05) is 6.07 Å². The molecule has 4 aromatic carbocycles. The summed E-state index contributed by atoms with van der Waals surface area (Å²) in [5.41, 5.74) is 5.19. The van der Waals surface area contributed by atoms with Crippen LogP contribution in [0.4, 0.5) is 0 Å². The molecule has 0 amide bonds.